The molecule has 1 unspecified atom stereocenters. The van der Waals surface area contributed by atoms with Crippen molar-refractivity contribution < 1.29 is 14.4 Å². The van der Waals surface area contributed by atoms with E-state index in [1.165, 1.54) is 25.1 Å². The predicted octanol–water partition coefficient (Wildman–Crippen LogP) is 1.91. The minimum atomic E-state index is -0.781. The van der Waals surface area contributed by atoms with Gasteiger partial charge in [-0.3, -0.25) is 4.79 Å². The molecule has 0 heterocycles. The number of nitrogens with one attached hydrogen (secondary N) is 1. The summed E-state index contributed by atoms with van der Waals surface area (Å²) in [6.45, 7) is 1.49. The fraction of sp³-hybridized carbons (Fsp3) is 0.200. The van der Waals surface area contributed by atoms with Crippen LogP contribution >= 0.6 is 15.9 Å². The first-order valence-corrected chi connectivity index (χ1v) is 5.48. The second-order valence-corrected chi connectivity index (χ2v) is 4.21. The van der Waals surface area contributed by atoms with E-state index in [9.17, 15) is 9.18 Å². The molecule has 5 nitrogen and oxygen atoms in total. The van der Waals surface area contributed by atoms with Crippen LogP contribution in [0.1, 0.15) is 6.92 Å². The molecule has 0 saturated carbocycles. The molecule has 1 rings (SSSR count). The highest BCUT2D eigenvalue weighted by Gasteiger charge is 2.18. The summed E-state index contributed by atoms with van der Waals surface area (Å²) in [6.07, 6.45) is 0. The Morgan fingerprint density at radius 3 is 2.82 bits per heavy atom. The maximum absolute atomic E-state index is 12.8. The largest absolute Gasteiger partial charge is 0.409 e. The molecule has 92 valence electrons. The molecule has 17 heavy (non-hydrogen) atoms. The molecule has 0 bridgehead atoms. The summed E-state index contributed by atoms with van der Waals surface area (Å²) in [4.78, 5) is 11.7. The lowest BCUT2D eigenvalue weighted by Gasteiger charge is -2.11. The Morgan fingerprint density at radius 2 is 2.29 bits per heavy atom. The first-order valence-electron chi connectivity index (χ1n) is 4.69. The van der Waals surface area contributed by atoms with Crippen molar-refractivity contribution in [2.75, 3.05) is 5.32 Å². The lowest BCUT2D eigenvalue weighted by atomic mass is 10.1. The Labute approximate surface area is 106 Å². The van der Waals surface area contributed by atoms with Crippen LogP contribution in [0, 0.1) is 11.7 Å². The Bertz CT molecular complexity index is 465. The first kappa shape index (κ1) is 13.4. The Balaban J connectivity index is 2.81. The fourth-order valence-electron chi connectivity index (χ4n) is 1.05. The molecule has 0 saturated heterocycles. The number of nitrogens with zero attached hydrogens (tertiary/aromatic N) is 1. The third-order valence-corrected chi connectivity index (χ3v) is 2.80. The minimum absolute atomic E-state index is 0.194. The molecule has 1 amide bonds. The van der Waals surface area contributed by atoms with Crippen LogP contribution in [0.2, 0.25) is 0 Å². The molecule has 0 spiro atoms. The van der Waals surface area contributed by atoms with Gasteiger partial charge in [0.25, 0.3) is 0 Å². The number of hydrogen-bond donors (Lipinski definition) is 3. The van der Waals surface area contributed by atoms with Crippen molar-refractivity contribution in [2.45, 2.75) is 6.92 Å². The summed E-state index contributed by atoms with van der Waals surface area (Å²) >= 11 is 3.11. The van der Waals surface area contributed by atoms with Gasteiger partial charge in [-0.05, 0) is 41.1 Å². The van der Waals surface area contributed by atoms with Gasteiger partial charge in [-0.2, -0.15) is 0 Å². The predicted molar refractivity (Wildman–Crippen MR) is 65.3 cm³/mol. The summed E-state index contributed by atoms with van der Waals surface area (Å²) in [5.41, 5.74) is 5.71. The summed E-state index contributed by atoms with van der Waals surface area (Å²) < 4.78 is 13.2. The topological polar surface area (TPSA) is 87.7 Å². The molecule has 4 N–H and O–H groups in total. The summed E-state index contributed by atoms with van der Waals surface area (Å²) in [5, 5.41) is 13.7. The molecule has 0 fully saturated rings. The van der Waals surface area contributed by atoms with E-state index >= 15 is 0 Å². The van der Waals surface area contributed by atoms with E-state index in [0.29, 0.717) is 10.2 Å². The van der Waals surface area contributed by atoms with Crippen LogP contribution in [0.15, 0.2) is 27.8 Å². The number of hydrogen-bond acceptors (Lipinski definition) is 3. The zero-order valence-corrected chi connectivity index (χ0v) is 10.5. The number of carbonyl (C=O) groups is 1. The van der Waals surface area contributed by atoms with E-state index in [2.05, 4.69) is 26.4 Å². The van der Waals surface area contributed by atoms with E-state index < -0.39 is 17.6 Å². The zero-order chi connectivity index (χ0) is 13.0. The van der Waals surface area contributed by atoms with Crippen molar-refractivity contribution >= 4 is 33.4 Å². The van der Waals surface area contributed by atoms with E-state index in [0.717, 1.165) is 0 Å². The molecule has 1 aromatic carbocycles. The molecule has 0 aliphatic rings. The molecular formula is C10H11BrFN3O2. The molecule has 7 heteroatoms. The smallest absolute Gasteiger partial charge is 0.234 e. The van der Waals surface area contributed by atoms with Gasteiger partial charge in [0.2, 0.25) is 5.91 Å². The van der Waals surface area contributed by atoms with Gasteiger partial charge in [0.15, 0.2) is 5.84 Å². The van der Waals surface area contributed by atoms with Crippen molar-refractivity contribution in [1.82, 2.24) is 0 Å². The third-order valence-electron chi connectivity index (χ3n) is 2.14. The van der Waals surface area contributed by atoms with Gasteiger partial charge in [-0.1, -0.05) is 5.16 Å². The van der Waals surface area contributed by atoms with Crippen LogP contribution in [0.5, 0.6) is 0 Å². The van der Waals surface area contributed by atoms with Crippen LogP contribution < -0.4 is 11.1 Å². The molecule has 1 aromatic rings. The van der Waals surface area contributed by atoms with Gasteiger partial charge in [-0.15, -0.1) is 0 Å². The van der Waals surface area contributed by atoms with Gasteiger partial charge < -0.3 is 16.3 Å². The number of oxime groups is 1. The monoisotopic (exact) mass is 303 g/mol. The van der Waals surface area contributed by atoms with Gasteiger partial charge in [0.1, 0.15) is 5.82 Å². The number of amidine groups is 1. The lowest BCUT2D eigenvalue weighted by molar-refractivity contribution is -0.117. The van der Waals surface area contributed by atoms with Gasteiger partial charge in [0.05, 0.1) is 11.6 Å². The standard InChI is InChI=1S/C10H11BrFN3O2/c1-5(9(13)15-17)10(16)14-8-3-2-6(12)4-7(8)11/h2-5,17H,1H3,(H2,13,15)(H,14,16). The summed E-state index contributed by atoms with van der Waals surface area (Å²) in [5.74, 6) is -1.84. The first-order chi connectivity index (χ1) is 7.95. The average Bonchev–Trinajstić information content (AvgIpc) is 2.30. The van der Waals surface area contributed by atoms with Crippen molar-refractivity contribution in [1.29, 1.82) is 0 Å². The molecular weight excluding hydrogens is 293 g/mol. The number of rotatable bonds is 3. The maximum atomic E-state index is 12.8. The molecule has 0 aromatic heterocycles. The highest BCUT2D eigenvalue weighted by atomic mass is 79.9. The SMILES string of the molecule is CC(C(=O)Nc1ccc(F)cc1Br)C(N)=NO. The highest BCUT2D eigenvalue weighted by molar-refractivity contribution is 9.10. The van der Waals surface area contributed by atoms with Crippen molar-refractivity contribution in [3.63, 3.8) is 0 Å². The van der Waals surface area contributed by atoms with Gasteiger partial charge in [0, 0.05) is 4.47 Å². The number of benzene rings is 1. The average molecular weight is 304 g/mol. The number of amides is 1. The summed E-state index contributed by atoms with van der Waals surface area (Å²) in [6, 6.07) is 3.86. The van der Waals surface area contributed by atoms with Crippen LogP contribution in [0.4, 0.5) is 10.1 Å². The van der Waals surface area contributed by atoms with Crippen LogP contribution in [-0.2, 0) is 4.79 Å². The summed E-state index contributed by atoms with van der Waals surface area (Å²) in [7, 11) is 0. The second kappa shape index (κ2) is 5.62. The highest BCUT2D eigenvalue weighted by Crippen LogP contribution is 2.23. The quantitative estimate of drug-likeness (QED) is 0.345. The van der Waals surface area contributed by atoms with E-state index in [1.54, 1.807) is 0 Å². The number of carbonyl (C=O) groups excluding carboxylic acids is 1. The second-order valence-electron chi connectivity index (χ2n) is 3.36. The Hall–Kier alpha value is -1.63. The third kappa shape index (κ3) is 3.42. The normalized spacial score (nSPS) is 13.2. The van der Waals surface area contributed by atoms with Crippen LogP contribution in [0.3, 0.4) is 0 Å². The lowest BCUT2D eigenvalue weighted by Crippen LogP contribution is -2.32. The van der Waals surface area contributed by atoms with E-state index in [-0.39, 0.29) is 5.84 Å². The molecule has 1 atom stereocenters. The number of anilines is 1. The van der Waals surface area contributed by atoms with E-state index in [4.69, 9.17) is 10.9 Å². The number of nitrogens with two attached hydrogens (primary N) is 1. The fourth-order valence-corrected chi connectivity index (χ4v) is 1.50. The molecule has 0 radical (unpaired) electrons. The maximum Gasteiger partial charge on any atom is 0.234 e. The Morgan fingerprint density at radius 1 is 1.65 bits per heavy atom. The van der Waals surface area contributed by atoms with Crippen molar-refractivity contribution in [3.05, 3.63) is 28.5 Å². The Kier molecular flexibility index (Phi) is 4.45. The minimum Gasteiger partial charge on any atom is -0.409 e. The van der Waals surface area contributed by atoms with E-state index in [1.807, 2.05) is 0 Å². The molecule has 0 aliphatic heterocycles. The number of halogens is 2. The van der Waals surface area contributed by atoms with Crippen LogP contribution in [-0.4, -0.2) is 17.0 Å². The zero-order valence-electron chi connectivity index (χ0n) is 8.95. The van der Waals surface area contributed by atoms with Crippen LogP contribution in [0.25, 0.3) is 0 Å². The van der Waals surface area contributed by atoms with Crippen molar-refractivity contribution in [3.8, 4) is 0 Å². The van der Waals surface area contributed by atoms with Crippen molar-refractivity contribution in [2.24, 2.45) is 16.8 Å². The molecule has 0 aliphatic carbocycles. The van der Waals surface area contributed by atoms with Gasteiger partial charge >= 0.3 is 0 Å². The van der Waals surface area contributed by atoms with Gasteiger partial charge in [-0.25, -0.2) is 4.39 Å².